The standard InChI is InChI=1S/C22H19ClN4O3S.Na/c1-22(2,19(28)29)12-30-20-24-10-14(11-25-20)13-7-8-16(15(23)9-13)26-21-27-17-5-3-4-6-18(17)31-21;/h3-11H,12H2,1-2H3,(H,26,27)(H,28,29);/q;+1/p-1. The van der Waals surface area contributed by atoms with Gasteiger partial charge >= 0.3 is 35.6 Å². The molecule has 1 N–H and O–H groups in total. The van der Waals surface area contributed by atoms with Crippen molar-refractivity contribution in [2.24, 2.45) is 5.41 Å². The van der Waals surface area contributed by atoms with Crippen LogP contribution in [0.5, 0.6) is 6.01 Å². The molecular weight excluding hydrogens is 459 g/mol. The number of para-hydroxylation sites is 1. The number of nitrogens with zero attached hydrogens (tertiary/aromatic N) is 3. The van der Waals surface area contributed by atoms with Crippen LogP contribution in [0, 0.1) is 5.41 Å². The summed E-state index contributed by atoms with van der Waals surface area (Å²) in [6, 6.07) is 13.6. The first-order chi connectivity index (χ1) is 14.8. The number of benzene rings is 2. The number of halogens is 1. The van der Waals surface area contributed by atoms with Gasteiger partial charge < -0.3 is 20.0 Å². The summed E-state index contributed by atoms with van der Waals surface area (Å²) in [7, 11) is 0. The summed E-state index contributed by atoms with van der Waals surface area (Å²) in [5.74, 6) is -1.20. The molecule has 0 saturated heterocycles. The van der Waals surface area contributed by atoms with Crippen molar-refractivity contribution in [3.05, 3.63) is 59.9 Å². The minimum atomic E-state index is -1.20. The van der Waals surface area contributed by atoms with Crippen LogP contribution in [0.1, 0.15) is 13.8 Å². The fourth-order valence-electron chi connectivity index (χ4n) is 2.68. The Balaban J connectivity index is 0.00000289. The van der Waals surface area contributed by atoms with E-state index in [1.807, 2.05) is 42.5 Å². The van der Waals surface area contributed by atoms with Gasteiger partial charge in [-0.3, -0.25) is 0 Å². The number of nitrogens with one attached hydrogen (secondary N) is 1. The minimum absolute atomic E-state index is 0. The number of hydrogen-bond donors (Lipinski definition) is 1. The van der Waals surface area contributed by atoms with Crippen molar-refractivity contribution in [3.8, 4) is 17.1 Å². The van der Waals surface area contributed by atoms with E-state index in [4.69, 9.17) is 16.3 Å². The first-order valence-corrected chi connectivity index (χ1v) is 10.6. The van der Waals surface area contributed by atoms with E-state index in [0.717, 1.165) is 32.2 Å². The second kappa shape index (κ2) is 10.1. The van der Waals surface area contributed by atoms with Crippen LogP contribution in [-0.4, -0.2) is 27.5 Å². The summed E-state index contributed by atoms with van der Waals surface area (Å²) in [5, 5.41) is 15.6. The Bertz CT molecular complexity index is 1210. The average Bonchev–Trinajstić information content (AvgIpc) is 3.16. The van der Waals surface area contributed by atoms with E-state index in [0.29, 0.717) is 5.02 Å². The van der Waals surface area contributed by atoms with Crippen LogP contribution in [0.15, 0.2) is 54.9 Å². The van der Waals surface area contributed by atoms with Crippen molar-refractivity contribution in [3.63, 3.8) is 0 Å². The van der Waals surface area contributed by atoms with E-state index in [2.05, 4.69) is 20.3 Å². The molecule has 0 fully saturated rings. The molecule has 0 atom stereocenters. The van der Waals surface area contributed by atoms with Gasteiger partial charge in [0.15, 0.2) is 5.13 Å². The van der Waals surface area contributed by atoms with Gasteiger partial charge in [0, 0.05) is 23.4 Å². The van der Waals surface area contributed by atoms with Gasteiger partial charge in [-0.25, -0.2) is 15.0 Å². The molecule has 0 radical (unpaired) electrons. The number of carboxylic acids is 1. The van der Waals surface area contributed by atoms with E-state index < -0.39 is 11.4 Å². The van der Waals surface area contributed by atoms with Crippen LogP contribution in [0.2, 0.25) is 5.02 Å². The summed E-state index contributed by atoms with van der Waals surface area (Å²) in [6.45, 7) is 2.94. The number of fused-ring (bicyclic) bond motifs is 1. The first kappa shape index (κ1) is 24.4. The van der Waals surface area contributed by atoms with Gasteiger partial charge in [-0.15, -0.1) is 0 Å². The van der Waals surface area contributed by atoms with Crippen LogP contribution in [0.4, 0.5) is 10.8 Å². The topological polar surface area (TPSA) is 100 Å². The molecule has 7 nitrogen and oxygen atoms in total. The van der Waals surface area contributed by atoms with Gasteiger partial charge in [-0.1, -0.05) is 55.0 Å². The van der Waals surface area contributed by atoms with Crippen molar-refractivity contribution in [2.45, 2.75) is 13.8 Å². The number of anilines is 2. The van der Waals surface area contributed by atoms with Gasteiger partial charge in [0.05, 0.1) is 26.9 Å². The summed E-state index contributed by atoms with van der Waals surface area (Å²) in [4.78, 5) is 23.9. The monoisotopic (exact) mass is 476 g/mol. The third-order valence-corrected chi connectivity index (χ3v) is 5.85. The number of thiazole rings is 1. The molecule has 0 unspecified atom stereocenters. The van der Waals surface area contributed by atoms with Gasteiger partial charge in [-0.05, 0) is 29.8 Å². The number of aliphatic carboxylic acids is 1. The fourth-order valence-corrected chi connectivity index (χ4v) is 3.79. The Hall–Kier alpha value is -2.23. The van der Waals surface area contributed by atoms with Crippen LogP contribution in [0.25, 0.3) is 21.3 Å². The van der Waals surface area contributed by atoms with E-state index in [1.54, 1.807) is 23.7 Å². The predicted octanol–water partition coefficient (Wildman–Crippen LogP) is 1.31. The smallest absolute Gasteiger partial charge is 0.549 e. The van der Waals surface area contributed by atoms with Gasteiger partial charge in [-0.2, -0.15) is 0 Å². The maximum absolute atomic E-state index is 11.0. The molecule has 0 spiro atoms. The molecule has 2 aromatic heterocycles. The number of aromatic nitrogens is 3. The van der Waals surface area contributed by atoms with Crippen LogP contribution < -0.4 is 44.7 Å². The minimum Gasteiger partial charge on any atom is -0.549 e. The number of carbonyl (C=O) groups excluding carboxylic acids is 1. The van der Waals surface area contributed by atoms with Gasteiger partial charge in [0.25, 0.3) is 0 Å². The SMILES string of the molecule is CC(C)(COc1ncc(-c2ccc(Nc3nc4ccccc4s3)c(Cl)c2)cn1)C(=O)[O-].[Na+]. The number of ether oxygens (including phenoxy) is 1. The zero-order valence-electron chi connectivity index (χ0n) is 17.8. The number of rotatable bonds is 7. The number of carboxylic acid groups (broad SMARTS) is 1. The van der Waals surface area contributed by atoms with Crippen molar-refractivity contribution in [1.82, 2.24) is 15.0 Å². The largest absolute Gasteiger partial charge is 1.00 e. The predicted molar refractivity (Wildman–Crippen MR) is 120 cm³/mol. The Labute approximate surface area is 216 Å². The van der Waals surface area contributed by atoms with Gasteiger partial charge in [0.2, 0.25) is 0 Å². The second-order valence-electron chi connectivity index (χ2n) is 7.52. The summed E-state index contributed by atoms with van der Waals surface area (Å²) in [6.07, 6.45) is 3.20. The normalized spacial score (nSPS) is 11.1. The molecule has 2 aromatic carbocycles. The zero-order chi connectivity index (χ0) is 22.0. The Morgan fingerprint density at radius 2 is 1.88 bits per heavy atom. The van der Waals surface area contributed by atoms with E-state index in [9.17, 15) is 9.90 Å². The van der Waals surface area contributed by atoms with Crippen LogP contribution in [-0.2, 0) is 4.79 Å². The third-order valence-electron chi connectivity index (χ3n) is 4.58. The molecular formula is C22H18ClN4NaO3S. The summed E-state index contributed by atoms with van der Waals surface area (Å²) >= 11 is 8.03. The summed E-state index contributed by atoms with van der Waals surface area (Å²) < 4.78 is 6.47. The Morgan fingerprint density at radius 3 is 2.53 bits per heavy atom. The molecule has 0 aliphatic heterocycles. The van der Waals surface area contributed by atoms with E-state index in [1.165, 1.54) is 13.8 Å². The number of hydrogen-bond acceptors (Lipinski definition) is 8. The van der Waals surface area contributed by atoms with Crippen molar-refractivity contribution in [1.29, 1.82) is 0 Å². The average molecular weight is 477 g/mol. The molecule has 0 aliphatic rings. The van der Waals surface area contributed by atoms with Crippen molar-refractivity contribution >= 4 is 49.9 Å². The Kier molecular flexibility index (Phi) is 7.74. The molecule has 0 amide bonds. The van der Waals surface area contributed by atoms with Crippen molar-refractivity contribution < 1.29 is 44.2 Å². The van der Waals surface area contributed by atoms with Crippen LogP contribution in [0.3, 0.4) is 0 Å². The molecule has 2 heterocycles. The maximum Gasteiger partial charge on any atom is 1.00 e. The third kappa shape index (κ3) is 5.57. The molecule has 32 heavy (non-hydrogen) atoms. The molecule has 158 valence electrons. The zero-order valence-corrected chi connectivity index (χ0v) is 21.3. The van der Waals surface area contributed by atoms with Crippen LogP contribution >= 0.6 is 22.9 Å². The molecule has 4 rings (SSSR count). The van der Waals surface area contributed by atoms with E-state index in [-0.39, 0.29) is 42.2 Å². The molecule has 4 aromatic rings. The quantitative estimate of drug-likeness (QED) is 0.401. The van der Waals surface area contributed by atoms with Gasteiger partial charge in [0.1, 0.15) is 6.61 Å². The first-order valence-electron chi connectivity index (χ1n) is 9.41. The fraction of sp³-hybridized carbons (Fsp3) is 0.182. The Morgan fingerprint density at radius 1 is 1.16 bits per heavy atom. The molecule has 10 heteroatoms. The summed E-state index contributed by atoms with van der Waals surface area (Å²) in [5.41, 5.74) is 2.13. The molecule has 0 bridgehead atoms. The maximum atomic E-state index is 11.0. The second-order valence-corrected chi connectivity index (χ2v) is 8.96. The van der Waals surface area contributed by atoms with Crippen molar-refractivity contribution in [2.75, 3.05) is 11.9 Å². The van der Waals surface area contributed by atoms with E-state index >= 15 is 0 Å². The molecule has 0 aliphatic carbocycles. The molecule has 0 saturated carbocycles. The number of carbonyl (C=O) groups is 1.